The zero-order valence-electron chi connectivity index (χ0n) is 10.1. The van der Waals surface area contributed by atoms with Gasteiger partial charge in [-0.3, -0.25) is 9.59 Å². The predicted octanol–water partition coefficient (Wildman–Crippen LogP) is 1.58. The summed E-state index contributed by atoms with van der Waals surface area (Å²) in [5.74, 6) is 0.515. The van der Waals surface area contributed by atoms with Crippen LogP contribution in [-0.2, 0) is 10.5 Å². The van der Waals surface area contributed by atoms with E-state index in [2.05, 4.69) is 5.32 Å². The summed E-state index contributed by atoms with van der Waals surface area (Å²) in [7, 11) is 0. The minimum Gasteiger partial charge on any atom is -0.351 e. The molecule has 18 heavy (non-hydrogen) atoms. The maximum absolute atomic E-state index is 11.6. The number of amides is 1. The number of benzene rings is 1. The topological polar surface area (TPSA) is 72.2 Å². The van der Waals surface area contributed by atoms with Gasteiger partial charge >= 0.3 is 0 Å². The predicted molar refractivity (Wildman–Crippen MR) is 77.1 cm³/mol. The standard InChI is InChI=1S/C12H16N2O2S.ClH/c1-9(15)17-8-10-2-4-11(5-3-10)12(16)14-7-6-13;/h2-5H,6-8,13H2,1H3,(H,14,16);1H. The first-order chi connectivity index (χ1) is 8.13. The Morgan fingerprint density at radius 3 is 2.39 bits per heavy atom. The van der Waals surface area contributed by atoms with Gasteiger partial charge < -0.3 is 11.1 Å². The normalized spacial score (nSPS) is 9.44. The highest BCUT2D eigenvalue weighted by molar-refractivity contribution is 8.12. The molecule has 0 atom stereocenters. The van der Waals surface area contributed by atoms with Crippen LogP contribution in [0.25, 0.3) is 0 Å². The maximum atomic E-state index is 11.6. The van der Waals surface area contributed by atoms with Crippen molar-refractivity contribution < 1.29 is 9.59 Å². The van der Waals surface area contributed by atoms with Crippen LogP contribution < -0.4 is 11.1 Å². The van der Waals surface area contributed by atoms with Gasteiger partial charge in [-0.05, 0) is 17.7 Å². The van der Waals surface area contributed by atoms with Crippen LogP contribution in [0.4, 0.5) is 0 Å². The lowest BCUT2D eigenvalue weighted by Gasteiger charge is -2.04. The third-order valence-electron chi connectivity index (χ3n) is 2.09. The summed E-state index contributed by atoms with van der Waals surface area (Å²) in [6, 6.07) is 7.21. The van der Waals surface area contributed by atoms with E-state index in [9.17, 15) is 9.59 Å². The zero-order chi connectivity index (χ0) is 12.7. The Morgan fingerprint density at radius 1 is 1.28 bits per heavy atom. The van der Waals surface area contributed by atoms with Crippen molar-refractivity contribution in [3.63, 3.8) is 0 Å². The van der Waals surface area contributed by atoms with E-state index in [-0.39, 0.29) is 23.4 Å². The summed E-state index contributed by atoms with van der Waals surface area (Å²) in [4.78, 5) is 22.4. The van der Waals surface area contributed by atoms with E-state index in [1.165, 1.54) is 11.8 Å². The van der Waals surface area contributed by atoms with E-state index >= 15 is 0 Å². The molecule has 0 radical (unpaired) electrons. The van der Waals surface area contributed by atoms with Crippen molar-refractivity contribution in [3.05, 3.63) is 35.4 Å². The van der Waals surface area contributed by atoms with E-state index in [1.807, 2.05) is 12.1 Å². The minimum absolute atomic E-state index is 0. The molecule has 1 aromatic carbocycles. The first kappa shape index (κ1) is 17.0. The first-order valence-corrected chi connectivity index (χ1v) is 6.32. The minimum atomic E-state index is -0.124. The highest BCUT2D eigenvalue weighted by Gasteiger charge is 2.04. The molecule has 0 bridgehead atoms. The summed E-state index contributed by atoms with van der Waals surface area (Å²) in [6.45, 7) is 2.44. The Labute approximate surface area is 117 Å². The van der Waals surface area contributed by atoms with Gasteiger partial charge in [-0.1, -0.05) is 23.9 Å². The Bertz CT molecular complexity index is 396. The number of halogens is 1. The molecule has 0 heterocycles. The zero-order valence-corrected chi connectivity index (χ0v) is 11.8. The second-order valence-electron chi connectivity index (χ2n) is 3.52. The van der Waals surface area contributed by atoms with Gasteiger partial charge in [0.25, 0.3) is 5.91 Å². The van der Waals surface area contributed by atoms with Gasteiger partial charge in [-0.15, -0.1) is 12.4 Å². The Hall–Kier alpha value is -1.04. The summed E-state index contributed by atoms with van der Waals surface area (Å²) in [5, 5.41) is 2.79. The maximum Gasteiger partial charge on any atom is 0.251 e. The second-order valence-corrected chi connectivity index (χ2v) is 4.67. The van der Waals surface area contributed by atoms with Crippen LogP contribution in [0.1, 0.15) is 22.8 Å². The van der Waals surface area contributed by atoms with Crippen LogP contribution in [0.5, 0.6) is 0 Å². The summed E-state index contributed by atoms with van der Waals surface area (Å²) in [6.07, 6.45) is 0. The second kappa shape index (κ2) is 8.97. The lowest BCUT2D eigenvalue weighted by atomic mass is 10.1. The molecule has 0 aliphatic heterocycles. The highest BCUT2D eigenvalue weighted by atomic mass is 35.5. The van der Waals surface area contributed by atoms with Crippen LogP contribution in [-0.4, -0.2) is 24.1 Å². The van der Waals surface area contributed by atoms with Crippen molar-refractivity contribution in [2.75, 3.05) is 13.1 Å². The lowest BCUT2D eigenvalue weighted by molar-refractivity contribution is -0.109. The van der Waals surface area contributed by atoms with Crippen molar-refractivity contribution in [1.29, 1.82) is 0 Å². The molecule has 1 aromatic rings. The third-order valence-corrected chi connectivity index (χ3v) is 2.97. The quantitative estimate of drug-likeness (QED) is 0.863. The lowest BCUT2D eigenvalue weighted by Crippen LogP contribution is -2.28. The van der Waals surface area contributed by atoms with Gasteiger partial charge in [0.1, 0.15) is 0 Å². The molecule has 6 heteroatoms. The molecule has 1 amide bonds. The van der Waals surface area contributed by atoms with Gasteiger partial charge in [-0.2, -0.15) is 0 Å². The number of carbonyl (C=O) groups excluding carboxylic acids is 2. The molecule has 0 unspecified atom stereocenters. The fourth-order valence-corrected chi connectivity index (χ4v) is 1.79. The largest absolute Gasteiger partial charge is 0.351 e. The van der Waals surface area contributed by atoms with Crippen molar-refractivity contribution >= 4 is 35.2 Å². The number of nitrogens with two attached hydrogens (primary N) is 1. The van der Waals surface area contributed by atoms with Crippen molar-refractivity contribution in [1.82, 2.24) is 5.32 Å². The van der Waals surface area contributed by atoms with Crippen LogP contribution in [0.15, 0.2) is 24.3 Å². The van der Waals surface area contributed by atoms with E-state index < -0.39 is 0 Å². The van der Waals surface area contributed by atoms with Crippen molar-refractivity contribution in [2.45, 2.75) is 12.7 Å². The number of rotatable bonds is 5. The molecule has 0 aliphatic rings. The van der Waals surface area contributed by atoms with E-state index in [0.717, 1.165) is 5.56 Å². The van der Waals surface area contributed by atoms with Crippen molar-refractivity contribution in [3.8, 4) is 0 Å². The van der Waals surface area contributed by atoms with E-state index in [4.69, 9.17) is 5.73 Å². The van der Waals surface area contributed by atoms with E-state index in [1.54, 1.807) is 19.1 Å². The molecule has 0 aliphatic carbocycles. The summed E-state index contributed by atoms with van der Waals surface area (Å²) in [5.41, 5.74) is 6.93. The Balaban J connectivity index is 0.00000289. The SMILES string of the molecule is CC(=O)SCc1ccc(C(=O)NCCN)cc1.Cl. The van der Waals surface area contributed by atoms with Crippen LogP contribution in [0.3, 0.4) is 0 Å². The van der Waals surface area contributed by atoms with Crippen molar-refractivity contribution in [2.24, 2.45) is 5.73 Å². The first-order valence-electron chi connectivity index (χ1n) is 5.34. The molecule has 4 nitrogen and oxygen atoms in total. The van der Waals surface area contributed by atoms with Crippen LogP contribution in [0, 0.1) is 0 Å². The van der Waals surface area contributed by atoms with Gasteiger partial charge in [0.15, 0.2) is 5.12 Å². The molecule has 100 valence electrons. The average Bonchev–Trinajstić information content (AvgIpc) is 2.34. The number of carbonyl (C=O) groups is 2. The Kier molecular flexibility index (Phi) is 8.45. The number of hydrogen-bond donors (Lipinski definition) is 2. The average molecular weight is 289 g/mol. The Morgan fingerprint density at radius 2 is 1.89 bits per heavy atom. The number of hydrogen-bond acceptors (Lipinski definition) is 4. The van der Waals surface area contributed by atoms with Gasteiger partial charge in [0.05, 0.1) is 0 Å². The smallest absolute Gasteiger partial charge is 0.251 e. The van der Waals surface area contributed by atoms with E-state index in [0.29, 0.717) is 24.4 Å². The molecule has 0 spiro atoms. The fourth-order valence-electron chi connectivity index (χ4n) is 1.23. The number of nitrogens with one attached hydrogen (secondary N) is 1. The van der Waals surface area contributed by atoms with Gasteiger partial charge in [0, 0.05) is 31.3 Å². The molecule has 0 saturated heterocycles. The van der Waals surface area contributed by atoms with Gasteiger partial charge in [-0.25, -0.2) is 0 Å². The molecular formula is C12H17ClN2O2S. The fraction of sp³-hybridized carbons (Fsp3) is 0.333. The molecular weight excluding hydrogens is 272 g/mol. The molecule has 3 N–H and O–H groups in total. The third kappa shape index (κ3) is 6.05. The number of thioether (sulfide) groups is 1. The summed E-state index contributed by atoms with van der Waals surface area (Å²) >= 11 is 1.26. The molecule has 0 aromatic heterocycles. The van der Waals surface area contributed by atoms with Crippen LogP contribution in [0.2, 0.25) is 0 Å². The molecule has 1 rings (SSSR count). The molecule has 0 fully saturated rings. The summed E-state index contributed by atoms with van der Waals surface area (Å²) < 4.78 is 0. The van der Waals surface area contributed by atoms with Gasteiger partial charge in [0.2, 0.25) is 0 Å². The van der Waals surface area contributed by atoms with Crippen LogP contribution >= 0.6 is 24.2 Å². The monoisotopic (exact) mass is 288 g/mol. The highest BCUT2D eigenvalue weighted by Crippen LogP contribution is 2.13. The molecule has 0 saturated carbocycles.